The summed E-state index contributed by atoms with van der Waals surface area (Å²) < 4.78 is 28.3. The Hall–Kier alpha value is -1.88. The molecule has 106 valence electrons. The van der Waals surface area contributed by atoms with Crippen LogP contribution in [0.4, 0.5) is 8.78 Å². The van der Waals surface area contributed by atoms with E-state index in [2.05, 4.69) is 15.3 Å². The number of halogens is 2. The lowest BCUT2D eigenvalue weighted by Crippen LogP contribution is -2.25. The molecule has 0 aliphatic carbocycles. The molecule has 0 saturated heterocycles. The van der Waals surface area contributed by atoms with E-state index in [1.165, 1.54) is 12.1 Å². The second-order valence-electron chi connectivity index (χ2n) is 4.67. The molecule has 1 aromatic carbocycles. The molecule has 0 radical (unpaired) electrons. The molecule has 0 spiro atoms. The van der Waals surface area contributed by atoms with Crippen molar-refractivity contribution in [2.24, 2.45) is 0 Å². The number of benzene rings is 1. The van der Waals surface area contributed by atoms with Gasteiger partial charge in [-0.05, 0) is 32.0 Å². The molecule has 0 bridgehead atoms. The Morgan fingerprint density at radius 1 is 1.15 bits per heavy atom. The molecule has 5 heteroatoms. The minimum absolute atomic E-state index is 0.00926. The van der Waals surface area contributed by atoms with Gasteiger partial charge in [0, 0.05) is 11.8 Å². The first kappa shape index (κ1) is 14.5. The predicted octanol–water partition coefficient (Wildman–Crippen LogP) is 3.07. The van der Waals surface area contributed by atoms with E-state index in [0.29, 0.717) is 17.8 Å². The Balaban J connectivity index is 2.54. The first-order valence-corrected chi connectivity index (χ1v) is 6.51. The van der Waals surface area contributed by atoms with Crippen molar-refractivity contribution < 1.29 is 8.78 Å². The van der Waals surface area contributed by atoms with E-state index in [4.69, 9.17) is 0 Å². The van der Waals surface area contributed by atoms with Crippen LogP contribution in [0.2, 0.25) is 0 Å². The van der Waals surface area contributed by atoms with Gasteiger partial charge in [-0.3, -0.25) is 9.97 Å². The summed E-state index contributed by atoms with van der Waals surface area (Å²) in [6.45, 7) is 5.86. The number of aryl methyl sites for hydroxylation is 2. The fourth-order valence-corrected chi connectivity index (χ4v) is 2.05. The summed E-state index contributed by atoms with van der Waals surface area (Å²) in [5.74, 6) is -1.13. The number of aromatic nitrogens is 2. The minimum atomic E-state index is -0.645. The SMILES string of the molecule is CCNC(c1cnc(C)cn1)c1c(F)ccc(C)c1F. The summed E-state index contributed by atoms with van der Waals surface area (Å²) in [7, 11) is 0. The van der Waals surface area contributed by atoms with E-state index in [9.17, 15) is 8.78 Å². The maximum Gasteiger partial charge on any atom is 0.134 e. The van der Waals surface area contributed by atoms with E-state index < -0.39 is 17.7 Å². The number of hydrogen-bond donors (Lipinski definition) is 1. The Labute approximate surface area is 117 Å². The Kier molecular flexibility index (Phi) is 4.39. The van der Waals surface area contributed by atoms with Crippen LogP contribution in [0.25, 0.3) is 0 Å². The van der Waals surface area contributed by atoms with Crippen LogP contribution in [0.5, 0.6) is 0 Å². The Bertz CT molecular complexity index is 597. The maximum absolute atomic E-state index is 14.3. The van der Waals surface area contributed by atoms with Gasteiger partial charge in [0.25, 0.3) is 0 Å². The van der Waals surface area contributed by atoms with Crippen LogP contribution in [0.15, 0.2) is 24.5 Å². The van der Waals surface area contributed by atoms with Crippen LogP contribution in [0, 0.1) is 25.5 Å². The average Bonchev–Trinajstić information content (AvgIpc) is 2.43. The van der Waals surface area contributed by atoms with Crippen LogP contribution < -0.4 is 5.32 Å². The van der Waals surface area contributed by atoms with Gasteiger partial charge in [0.15, 0.2) is 0 Å². The van der Waals surface area contributed by atoms with E-state index in [1.54, 1.807) is 19.3 Å². The molecule has 0 aliphatic heterocycles. The Morgan fingerprint density at radius 3 is 2.50 bits per heavy atom. The van der Waals surface area contributed by atoms with Crippen LogP contribution in [-0.4, -0.2) is 16.5 Å². The normalized spacial score (nSPS) is 12.4. The van der Waals surface area contributed by atoms with Crippen LogP contribution in [-0.2, 0) is 0 Å². The van der Waals surface area contributed by atoms with Crippen molar-refractivity contribution >= 4 is 0 Å². The van der Waals surface area contributed by atoms with Gasteiger partial charge >= 0.3 is 0 Å². The summed E-state index contributed by atoms with van der Waals surface area (Å²) >= 11 is 0. The summed E-state index contributed by atoms with van der Waals surface area (Å²) in [6, 6.07) is 2.06. The number of hydrogen-bond acceptors (Lipinski definition) is 3. The molecule has 1 aromatic heterocycles. The summed E-state index contributed by atoms with van der Waals surface area (Å²) in [5.41, 5.74) is 1.66. The number of nitrogens with one attached hydrogen (secondary N) is 1. The highest BCUT2D eigenvalue weighted by Gasteiger charge is 2.23. The second kappa shape index (κ2) is 6.05. The second-order valence-corrected chi connectivity index (χ2v) is 4.67. The van der Waals surface area contributed by atoms with Gasteiger partial charge in [-0.2, -0.15) is 0 Å². The number of nitrogens with zero attached hydrogens (tertiary/aromatic N) is 2. The smallest absolute Gasteiger partial charge is 0.134 e. The van der Waals surface area contributed by atoms with E-state index >= 15 is 0 Å². The molecule has 2 aromatic rings. The third kappa shape index (κ3) is 2.82. The molecule has 1 atom stereocenters. The topological polar surface area (TPSA) is 37.8 Å². The summed E-state index contributed by atoms with van der Waals surface area (Å²) in [5, 5.41) is 3.06. The molecule has 1 heterocycles. The number of rotatable bonds is 4. The monoisotopic (exact) mass is 277 g/mol. The maximum atomic E-state index is 14.3. The van der Waals surface area contributed by atoms with Crippen molar-refractivity contribution in [1.29, 1.82) is 0 Å². The molecule has 1 unspecified atom stereocenters. The molecule has 3 nitrogen and oxygen atoms in total. The van der Waals surface area contributed by atoms with Crippen LogP contribution in [0.1, 0.15) is 35.5 Å². The van der Waals surface area contributed by atoms with Crippen molar-refractivity contribution in [2.75, 3.05) is 6.54 Å². The van der Waals surface area contributed by atoms with Crippen molar-refractivity contribution in [2.45, 2.75) is 26.8 Å². The minimum Gasteiger partial charge on any atom is -0.305 e. The molecular weight excluding hydrogens is 260 g/mol. The van der Waals surface area contributed by atoms with Crippen LogP contribution >= 0.6 is 0 Å². The van der Waals surface area contributed by atoms with Gasteiger partial charge in [-0.15, -0.1) is 0 Å². The molecule has 2 rings (SSSR count). The average molecular weight is 277 g/mol. The quantitative estimate of drug-likeness (QED) is 0.933. The lowest BCUT2D eigenvalue weighted by molar-refractivity contribution is 0.500. The van der Waals surface area contributed by atoms with Crippen molar-refractivity contribution in [3.8, 4) is 0 Å². The molecular formula is C15H17F2N3. The zero-order chi connectivity index (χ0) is 14.7. The molecule has 0 aliphatic rings. The van der Waals surface area contributed by atoms with Crippen molar-refractivity contribution in [1.82, 2.24) is 15.3 Å². The van der Waals surface area contributed by atoms with Gasteiger partial charge in [-0.1, -0.05) is 13.0 Å². The van der Waals surface area contributed by atoms with Gasteiger partial charge in [-0.25, -0.2) is 8.78 Å². The first-order chi connectivity index (χ1) is 9.54. The highest BCUT2D eigenvalue weighted by atomic mass is 19.1. The molecule has 0 saturated carbocycles. The van der Waals surface area contributed by atoms with Crippen molar-refractivity contribution in [3.63, 3.8) is 0 Å². The molecule has 1 N–H and O–H groups in total. The predicted molar refractivity (Wildman–Crippen MR) is 73.4 cm³/mol. The summed E-state index contributed by atoms with van der Waals surface area (Å²) in [6.07, 6.45) is 3.13. The van der Waals surface area contributed by atoms with Gasteiger partial charge in [0.05, 0.1) is 23.6 Å². The highest BCUT2D eigenvalue weighted by molar-refractivity contribution is 5.33. The van der Waals surface area contributed by atoms with E-state index in [0.717, 1.165) is 5.69 Å². The lowest BCUT2D eigenvalue weighted by atomic mass is 10.00. The zero-order valence-corrected chi connectivity index (χ0v) is 11.7. The lowest BCUT2D eigenvalue weighted by Gasteiger charge is -2.19. The largest absolute Gasteiger partial charge is 0.305 e. The molecule has 20 heavy (non-hydrogen) atoms. The Morgan fingerprint density at radius 2 is 1.90 bits per heavy atom. The third-order valence-corrected chi connectivity index (χ3v) is 3.11. The van der Waals surface area contributed by atoms with Crippen LogP contribution in [0.3, 0.4) is 0 Å². The highest BCUT2D eigenvalue weighted by Crippen LogP contribution is 2.27. The van der Waals surface area contributed by atoms with E-state index in [-0.39, 0.29) is 5.56 Å². The standard InChI is InChI=1S/C15H17F2N3/c1-4-18-15(12-8-19-10(3)7-20-12)13-11(16)6-5-9(2)14(13)17/h5-8,15,18H,4H2,1-3H3. The van der Waals surface area contributed by atoms with Gasteiger partial charge < -0.3 is 5.32 Å². The third-order valence-electron chi connectivity index (χ3n) is 3.11. The zero-order valence-electron chi connectivity index (χ0n) is 11.7. The van der Waals surface area contributed by atoms with Crippen molar-refractivity contribution in [3.05, 3.63) is 58.7 Å². The fraction of sp³-hybridized carbons (Fsp3) is 0.333. The van der Waals surface area contributed by atoms with E-state index in [1.807, 2.05) is 13.8 Å². The van der Waals surface area contributed by atoms with Gasteiger partial charge in [0.1, 0.15) is 11.6 Å². The first-order valence-electron chi connectivity index (χ1n) is 6.51. The molecule has 0 amide bonds. The molecule has 0 fully saturated rings. The van der Waals surface area contributed by atoms with Gasteiger partial charge in [0.2, 0.25) is 0 Å². The fourth-order valence-electron chi connectivity index (χ4n) is 2.05. The summed E-state index contributed by atoms with van der Waals surface area (Å²) in [4.78, 5) is 8.37.